The van der Waals surface area contributed by atoms with Crippen molar-refractivity contribution < 1.29 is 9.18 Å². The molecule has 0 aromatic heterocycles. The van der Waals surface area contributed by atoms with Gasteiger partial charge >= 0.3 is 0 Å². The average molecular weight is 335 g/mol. The highest BCUT2D eigenvalue weighted by atomic mass is 79.9. The van der Waals surface area contributed by atoms with Crippen molar-refractivity contribution in [2.45, 2.75) is 12.5 Å². The Morgan fingerprint density at radius 3 is 2.85 bits per heavy atom. The predicted octanol–water partition coefficient (Wildman–Crippen LogP) is 3.56. The van der Waals surface area contributed by atoms with E-state index in [0.29, 0.717) is 16.6 Å². The lowest BCUT2D eigenvalue weighted by atomic mass is 10.1. The number of halogens is 2. The van der Waals surface area contributed by atoms with E-state index in [0.717, 1.165) is 11.3 Å². The normalized spacial score (nSPS) is 16.4. The summed E-state index contributed by atoms with van der Waals surface area (Å²) in [5.41, 5.74) is 2.55. The second-order valence-corrected chi connectivity index (χ2v) is 5.53. The van der Waals surface area contributed by atoms with Gasteiger partial charge in [0.15, 0.2) is 0 Å². The molecule has 0 saturated carbocycles. The maximum Gasteiger partial charge on any atom is 0.247 e. The fourth-order valence-electron chi connectivity index (χ4n) is 2.26. The van der Waals surface area contributed by atoms with Crippen LogP contribution < -0.4 is 10.6 Å². The van der Waals surface area contributed by atoms with Crippen LogP contribution in [0.3, 0.4) is 0 Å². The average Bonchev–Trinajstić information content (AvgIpc) is 2.87. The van der Waals surface area contributed by atoms with Crippen LogP contribution in [-0.2, 0) is 11.2 Å². The summed E-state index contributed by atoms with van der Waals surface area (Å²) < 4.78 is 13.8. The van der Waals surface area contributed by atoms with Crippen molar-refractivity contribution >= 4 is 33.2 Å². The number of para-hydroxylation sites is 1. The Morgan fingerprint density at radius 1 is 1.30 bits per heavy atom. The maximum atomic E-state index is 13.4. The maximum absolute atomic E-state index is 13.4. The zero-order chi connectivity index (χ0) is 14.1. The van der Waals surface area contributed by atoms with Crippen molar-refractivity contribution in [2.75, 3.05) is 10.6 Å². The summed E-state index contributed by atoms with van der Waals surface area (Å²) in [6.45, 7) is 0. The first-order chi connectivity index (χ1) is 9.63. The first-order valence-electron chi connectivity index (χ1n) is 6.24. The van der Waals surface area contributed by atoms with Crippen molar-refractivity contribution in [1.29, 1.82) is 0 Å². The molecule has 2 N–H and O–H groups in total. The van der Waals surface area contributed by atoms with Gasteiger partial charge in [0.05, 0.1) is 4.47 Å². The number of hydrogen-bond acceptors (Lipinski definition) is 2. The minimum Gasteiger partial charge on any atom is -0.373 e. The fraction of sp³-hybridized carbons (Fsp3) is 0.133. The molecule has 1 heterocycles. The number of carbonyl (C=O) groups excluding carboxylic acids is 1. The number of fused-ring (bicyclic) bond motifs is 1. The molecule has 1 aliphatic rings. The second-order valence-electron chi connectivity index (χ2n) is 4.68. The Labute approximate surface area is 124 Å². The first kappa shape index (κ1) is 13.1. The number of rotatable bonds is 2. The molecule has 0 unspecified atom stereocenters. The molecule has 20 heavy (non-hydrogen) atoms. The highest BCUT2D eigenvalue weighted by Crippen LogP contribution is 2.26. The number of hydrogen-bond donors (Lipinski definition) is 2. The highest BCUT2D eigenvalue weighted by molar-refractivity contribution is 9.10. The Kier molecular flexibility index (Phi) is 3.44. The zero-order valence-electron chi connectivity index (χ0n) is 10.5. The lowest BCUT2D eigenvalue weighted by Crippen LogP contribution is -2.32. The van der Waals surface area contributed by atoms with Crippen molar-refractivity contribution in [3.8, 4) is 0 Å². The summed E-state index contributed by atoms with van der Waals surface area (Å²) in [5.74, 6) is -0.562. The summed E-state index contributed by atoms with van der Waals surface area (Å²) in [4.78, 5) is 12.2. The lowest BCUT2D eigenvalue weighted by Gasteiger charge is -2.12. The van der Waals surface area contributed by atoms with Gasteiger partial charge in [-0.15, -0.1) is 0 Å². The predicted molar refractivity (Wildman–Crippen MR) is 80.3 cm³/mol. The van der Waals surface area contributed by atoms with Crippen LogP contribution in [0.25, 0.3) is 0 Å². The van der Waals surface area contributed by atoms with Gasteiger partial charge in [0.1, 0.15) is 11.9 Å². The largest absolute Gasteiger partial charge is 0.373 e. The molecule has 0 fully saturated rings. The van der Waals surface area contributed by atoms with Crippen LogP contribution in [0.15, 0.2) is 46.9 Å². The second kappa shape index (κ2) is 5.25. The van der Waals surface area contributed by atoms with Crippen LogP contribution >= 0.6 is 15.9 Å². The molecule has 0 aliphatic carbocycles. The molecule has 102 valence electrons. The molecule has 3 nitrogen and oxygen atoms in total. The van der Waals surface area contributed by atoms with Crippen LogP contribution in [0.1, 0.15) is 5.56 Å². The third kappa shape index (κ3) is 2.54. The number of amides is 1. The molecule has 0 radical (unpaired) electrons. The number of anilines is 2. The van der Waals surface area contributed by atoms with Gasteiger partial charge in [-0.25, -0.2) is 4.39 Å². The minimum absolute atomic E-state index is 0.164. The highest BCUT2D eigenvalue weighted by Gasteiger charge is 2.26. The van der Waals surface area contributed by atoms with E-state index >= 15 is 0 Å². The van der Waals surface area contributed by atoms with E-state index in [9.17, 15) is 9.18 Å². The van der Waals surface area contributed by atoms with E-state index in [4.69, 9.17) is 0 Å². The van der Waals surface area contributed by atoms with Gasteiger partial charge in [-0.1, -0.05) is 18.2 Å². The molecule has 1 aliphatic heterocycles. The molecule has 0 bridgehead atoms. The number of benzene rings is 2. The van der Waals surface area contributed by atoms with E-state index in [-0.39, 0.29) is 11.9 Å². The smallest absolute Gasteiger partial charge is 0.247 e. The van der Waals surface area contributed by atoms with E-state index in [1.165, 1.54) is 6.07 Å². The van der Waals surface area contributed by atoms with Crippen molar-refractivity contribution in [3.63, 3.8) is 0 Å². The number of nitrogens with one attached hydrogen (secondary N) is 2. The third-order valence-electron chi connectivity index (χ3n) is 3.27. The van der Waals surface area contributed by atoms with Crippen LogP contribution in [0.5, 0.6) is 0 Å². The van der Waals surface area contributed by atoms with Gasteiger partial charge < -0.3 is 10.6 Å². The zero-order valence-corrected chi connectivity index (χ0v) is 12.1. The minimum atomic E-state index is -0.398. The van der Waals surface area contributed by atoms with E-state index in [2.05, 4.69) is 26.6 Å². The molecule has 2 aromatic carbocycles. The topological polar surface area (TPSA) is 41.1 Å². The van der Waals surface area contributed by atoms with Gasteiger partial charge in [-0.3, -0.25) is 4.79 Å². The Hall–Kier alpha value is -1.88. The van der Waals surface area contributed by atoms with Crippen LogP contribution in [0.2, 0.25) is 0 Å². The van der Waals surface area contributed by atoms with E-state index in [1.807, 2.05) is 24.3 Å². The summed E-state index contributed by atoms with van der Waals surface area (Å²) >= 11 is 3.08. The summed E-state index contributed by atoms with van der Waals surface area (Å²) in [7, 11) is 0. The Bertz CT molecular complexity index is 650. The molecule has 0 spiro atoms. The Morgan fingerprint density at radius 2 is 2.10 bits per heavy atom. The summed E-state index contributed by atoms with van der Waals surface area (Å²) in [5, 5.41) is 5.89. The van der Waals surface area contributed by atoms with E-state index in [1.54, 1.807) is 12.1 Å². The fourth-order valence-corrected chi connectivity index (χ4v) is 2.51. The van der Waals surface area contributed by atoms with Crippen LogP contribution in [0.4, 0.5) is 15.8 Å². The molecule has 5 heteroatoms. The van der Waals surface area contributed by atoms with Crippen molar-refractivity contribution in [2.24, 2.45) is 0 Å². The molecular weight excluding hydrogens is 323 g/mol. The quantitative estimate of drug-likeness (QED) is 0.881. The Balaban J connectivity index is 1.71. The molecule has 3 rings (SSSR count). The first-order valence-corrected chi connectivity index (χ1v) is 7.03. The SMILES string of the molecule is O=C(Nc1ccc(Br)c(F)c1)[C@@H]1Cc2ccccc2N1. The summed E-state index contributed by atoms with van der Waals surface area (Å²) in [6.07, 6.45) is 0.640. The standard InChI is InChI=1S/C15H12BrFN2O/c16-11-6-5-10(8-12(11)17)18-15(20)14-7-9-3-1-2-4-13(9)19-14/h1-6,8,14,19H,7H2,(H,18,20)/t14-/m0/s1. The summed E-state index contributed by atoms with van der Waals surface area (Å²) in [6, 6.07) is 12.0. The molecule has 1 atom stereocenters. The van der Waals surface area contributed by atoms with Gasteiger partial charge in [0.2, 0.25) is 5.91 Å². The number of carbonyl (C=O) groups is 1. The van der Waals surface area contributed by atoms with Crippen molar-refractivity contribution in [3.05, 3.63) is 58.3 Å². The van der Waals surface area contributed by atoms with Gasteiger partial charge in [0, 0.05) is 17.8 Å². The monoisotopic (exact) mass is 334 g/mol. The third-order valence-corrected chi connectivity index (χ3v) is 3.92. The van der Waals surface area contributed by atoms with Gasteiger partial charge in [-0.2, -0.15) is 0 Å². The molecular formula is C15H12BrFN2O. The molecule has 0 saturated heterocycles. The van der Waals surface area contributed by atoms with Gasteiger partial charge in [-0.05, 0) is 45.8 Å². The van der Waals surface area contributed by atoms with Crippen LogP contribution in [-0.4, -0.2) is 11.9 Å². The molecule has 1 amide bonds. The molecule has 2 aromatic rings. The van der Waals surface area contributed by atoms with E-state index < -0.39 is 5.82 Å². The van der Waals surface area contributed by atoms with Crippen LogP contribution in [0, 0.1) is 5.82 Å². The van der Waals surface area contributed by atoms with Crippen molar-refractivity contribution in [1.82, 2.24) is 0 Å². The van der Waals surface area contributed by atoms with Gasteiger partial charge in [0.25, 0.3) is 0 Å². The lowest BCUT2D eigenvalue weighted by molar-refractivity contribution is -0.116.